The Bertz CT molecular complexity index is 1110. The van der Waals surface area contributed by atoms with E-state index in [9.17, 15) is 14.0 Å². The number of carbonyl (C=O) groups is 2. The molecule has 0 bridgehead atoms. The van der Waals surface area contributed by atoms with Gasteiger partial charge in [0.2, 0.25) is 0 Å². The minimum Gasteiger partial charge on any atom is -0.493 e. The quantitative estimate of drug-likeness (QED) is 0.647. The van der Waals surface area contributed by atoms with Crippen molar-refractivity contribution in [2.24, 2.45) is 7.05 Å². The van der Waals surface area contributed by atoms with Crippen LogP contribution in [0.2, 0.25) is 0 Å². The van der Waals surface area contributed by atoms with Crippen LogP contribution in [-0.4, -0.2) is 35.8 Å². The van der Waals surface area contributed by atoms with Crippen molar-refractivity contribution in [3.8, 4) is 11.5 Å². The van der Waals surface area contributed by atoms with Gasteiger partial charge >= 0.3 is 0 Å². The van der Waals surface area contributed by atoms with Crippen molar-refractivity contribution >= 4 is 23.2 Å². The molecule has 9 heteroatoms. The topological polar surface area (TPSA) is 94.5 Å². The molecule has 2 aromatic carbocycles. The van der Waals surface area contributed by atoms with Gasteiger partial charge in [0.05, 0.1) is 31.3 Å². The first kappa shape index (κ1) is 20.8. The van der Waals surface area contributed by atoms with Crippen LogP contribution < -0.4 is 20.1 Å². The second kappa shape index (κ2) is 8.64. The lowest BCUT2D eigenvalue weighted by atomic mass is 10.1. The number of anilines is 2. The zero-order valence-corrected chi connectivity index (χ0v) is 16.9. The summed E-state index contributed by atoms with van der Waals surface area (Å²) < 4.78 is 25.7. The van der Waals surface area contributed by atoms with Crippen LogP contribution in [-0.2, 0) is 7.05 Å². The standard InChI is InChI=1S/C21H21FN4O4/c1-12-17(11-26(2)25-12)24-21(28)14-9-16(19(30-4)18(10-14)29-3)23-20(27)13-6-5-7-15(22)8-13/h5-11H,1-4H3,(H,23,27)(H,24,28). The summed E-state index contributed by atoms with van der Waals surface area (Å²) in [5.41, 5.74) is 1.77. The summed E-state index contributed by atoms with van der Waals surface area (Å²) in [5, 5.41) is 9.61. The molecule has 3 aromatic rings. The van der Waals surface area contributed by atoms with Gasteiger partial charge in [-0.05, 0) is 37.3 Å². The highest BCUT2D eigenvalue weighted by Crippen LogP contribution is 2.37. The third kappa shape index (κ3) is 4.40. The number of rotatable bonds is 6. The van der Waals surface area contributed by atoms with Gasteiger partial charge in [0.25, 0.3) is 11.8 Å². The van der Waals surface area contributed by atoms with E-state index in [1.54, 1.807) is 24.9 Å². The maximum Gasteiger partial charge on any atom is 0.255 e. The third-order valence-corrected chi connectivity index (χ3v) is 4.34. The molecule has 8 nitrogen and oxygen atoms in total. The van der Waals surface area contributed by atoms with Crippen LogP contribution in [0.3, 0.4) is 0 Å². The van der Waals surface area contributed by atoms with E-state index in [2.05, 4.69) is 15.7 Å². The first-order valence-electron chi connectivity index (χ1n) is 8.97. The van der Waals surface area contributed by atoms with Crippen LogP contribution >= 0.6 is 0 Å². The Labute approximate surface area is 172 Å². The van der Waals surface area contributed by atoms with E-state index in [-0.39, 0.29) is 28.3 Å². The summed E-state index contributed by atoms with van der Waals surface area (Å²) in [6.45, 7) is 1.77. The average Bonchev–Trinajstić information content (AvgIpc) is 3.03. The van der Waals surface area contributed by atoms with Crippen LogP contribution in [0.5, 0.6) is 11.5 Å². The first-order chi connectivity index (χ1) is 14.3. The Morgan fingerprint density at radius 3 is 2.30 bits per heavy atom. The molecule has 2 N–H and O–H groups in total. The monoisotopic (exact) mass is 412 g/mol. The molecule has 0 saturated heterocycles. The second-order valence-electron chi connectivity index (χ2n) is 6.48. The molecule has 0 saturated carbocycles. The van der Waals surface area contributed by atoms with Gasteiger partial charge < -0.3 is 20.1 Å². The lowest BCUT2D eigenvalue weighted by molar-refractivity contribution is 0.101. The fraction of sp³-hybridized carbons (Fsp3) is 0.190. The smallest absolute Gasteiger partial charge is 0.255 e. The van der Waals surface area contributed by atoms with Gasteiger partial charge in [0.1, 0.15) is 5.82 Å². The molecule has 1 heterocycles. The number of amides is 2. The molecule has 0 spiro atoms. The summed E-state index contributed by atoms with van der Waals surface area (Å²) >= 11 is 0. The largest absolute Gasteiger partial charge is 0.493 e. The van der Waals surface area contributed by atoms with E-state index in [1.165, 1.54) is 44.6 Å². The SMILES string of the molecule is COc1cc(C(=O)Nc2cn(C)nc2C)cc(NC(=O)c2cccc(F)c2)c1OC. The predicted octanol–water partition coefficient (Wildman–Crippen LogP) is 3.39. The number of hydrogen-bond acceptors (Lipinski definition) is 5. The molecule has 2 amide bonds. The zero-order chi connectivity index (χ0) is 21.8. The normalized spacial score (nSPS) is 10.4. The molecule has 0 aliphatic rings. The van der Waals surface area contributed by atoms with Crippen LogP contribution in [0.4, 0.5) is 15.8 Å². The van der Waals surface area contributed by atoms with Gasteiger partial charge in [0.15, 0.2) is 11.5 Å². The molecule has 0 atom stereocenters. The highest BCUT2D eigenvalue weighted by molar-refractivity contribution is 6.08. The molecule has 1 aromatic heterocycles. The molecule has 0 fully saturated rings. The fourth-order valence-electron chi connectivity index (χ4n) is 2.93. The van der Waals surface area contributed by atoms with E-state index in [0.29, 0.717) is 11.4 Å². The highest BCUT2D eigenvalue weighted by Gasteiger charge is 2.19. The van der Waals surface area contributed by atoms with Gasteiger partial charge in [-0.3, -0.25) is 14.3 Å². The first-order valence-corrected chi connectivity index (χ1v) is 8.97. The fourth-order valence-corrected chi connectivity index (χ4v) is 2.93. The minimum absolute atomic E-state index is 0.122. The number of aromatic nitrogens is 2. The van der Waals surface area contributed by atoms with Crippen molar-refractivity contribution in [2.75, 3.05) is 24.9 Å². The number of methoxy groups -OCH3 is 2. The maximum absolute atomic E-state index is 13.5. The van der Waals surface area contributed by atoms with Gasteiger partial charge in [-0.2, -0.15) is 5.10 Å². The Morgan fingerprint density at radius 2 is 1.70 bits per heavy atom. The predicted molar refractivity (Wildman–Crippen MR) is 110 cm³/mol. The number of carbonyl (C=O) groups excluding carboxylic acids is 2. The summed E-state index contributed by atoms with van der Waals surface area (Å²) in [4.78, 5) is 25.4. The Balaban J connectivity index is 1.94. The van der Waals surface area contributed by atoms with Crippen molar-refractivity contribution in [1.82, 2.24) is 9.78 Å². The number of benzene rings is 2. The summed E-state index contributed by atoms with van der Waals surface area (Å²) in [6, 6.07) is 8.22. The average molecular weight is 412 g/mol. The van der Waals surface area contributed by atoms with Crippen molar-refractivity contribution in [1.29, 1.82) is 0 Å². The molecule has 0 aliphatic heterocycles. The summed E-state index contributed by atoms with van der Waals surface area (Å²) in [6.07, 6.45) is 1.68. The van der Waals surface area contributed by atoms with Crippen molar-refractivity contribution < 1.29 is 23.5 Å². The third-order valence-electron chi connectivity index (χ3n) is 4.34. The lowest BCUT2D eigenvalue weighted by Crippen LogP contribution is -2.16. The lowest BCUT2D eigenvalue weighted by Gasteiger charge is -2.16. The number of nitrogens with zero attached hydrogens (tertiary/aromatic N) is 2. The molecule has 0 aliphatic carbocycles. The van der Waals surface area contributed by atoms with Gasteiger partial charge in [-0.15, -0.1) is 0 Å². The van der Waals surface area contributed by atoms with Crippen molar-refractivity contribution in [3.63, 3.8) is 0 Å². The van der Waals surface area contributed by atoms with E-state index >= 15 is 0 Å². The van der Waals surface area contributed by atoms with E-state index in [1.807, 2.05) is 0 Å². The minimum atomic E-state index is -0.560. The number of hydrogen-bond donors (Lipinski definition) is 2. The zero-order valence-electron chi connectivity index (χ0n) is 16.9. The Kier molecular flexibility index (Phi) is 6.01. The van der Waals surface area contributed by atoms with Crippen LogP contribution in [0.15, 0.2) is 42.6 Å². The molecule has 30 heavy (non-hydrogen) atoms. The van der Waals surface area contributed by atoms with Crippen molar-refractivity contribution in [3.05, 3.63) is 65.2 Å². The summed E-state index contributed by atoms with van der Waals surface area (Å²) in [5.74, 6) is -1.03. The van der Waals surface area contributed by atoms with E-state index in [0.717, 1.165) is 6.07 Å². The summed E-state index contributed by atoms with van der Waals surface area (Å²) in [7, 11) is 4.58. The van der Waals surface area contributed by atoms with Gasteiger partial charge in [0, 0.05) is 24.4 Å². The van der Waals surface area contributed by atoms with Gasteiger partial charge in [-0.1, -0.05) is 6.07 Å². The number of aryl methyl sites for hydroxylation is 2. The van der Waals surface area contributed by atoms with E-state index in [4.69, 9.17) is 9.47 Å². The van der Waals surface area contributed by atoms with Crippen LogP contribution in [0.1, 0.15) is 26.4 Å². The van der Waals surface area contributed by atoms with Crippen LogP contribution in [0.25, 0.3) is 0 Å². The van der Waals surface area contributed by atoms with Crippen molar-refractivity contribution in [2.45, 2.75) is 6.92 Å². The maximum atomic E-state index is 13.5. The van der Waals surface area contributed by atoms with Crippen LogP contribution in [0, 0.1) is 12.7 Å². The Hall–Kier alpha value is -3.88. The molecule has 3 rings (SSSR count). The molecule has 0 radical (unpaired) electrons. The molecular formula is C21H21FN4O4. The number of nitrogens with one attached hydrogen (secondary N) is 2. The second-order valence-corrected chi connectivity index (χ2v) is 6.48. The Morgan fingerprint density at radius 1 is 1.00 bits per heavy atom. The number of ether oxygens (including phenoxy) is 2. The highest BCUT2D eigenvalue weighted by atomic mass is 19.1. The van der Waals surface area contributed by atoms with E-state index < -0.39 is 17.6 Å². The molecule has 156 valence electrons. The molecule has 0 unspecified atom stereocenters. The van der Waals surface area contributed by atoms with Gasteiger partial charge in [-0.25, -0.2) is 4.39 Å². The number of halogens is 1. The molecular weight excluding hydrogens is 391 g/mol.